The Morgan fingerprint density at radius 1 is 1.14 bits per heavy atom. The van der Waals surface area contributed by atoms with E-state index in [-0.39, 0.29) is 6.10 Å². The van der Waals surface area contributed by atoms with Gasteiger partial charge in [0.1, 0.15) is 0 Å². The Bertz CT molecular complexity index is 667. The van der Waals surface area contributed by atoms with Gasteiger partial charge in [-0.1, -0.05) is 41.4 Å². The zero-order valence-electron chi connectivity index (χ0n) is 12.0. The summed E-state index contributed by atoms with van der Waals surface area (Å²) in [6, 6.07) is 15.0. The van der Waals surface area contributed by atoms with Crippen molar-refractivity contribution in [1.29, 1.82) is 0 Å². The number of anilines is 1. The number of aryl methyl sites for hydroxylation is 1. The number of rotatable bonds is 1. The van der Waals surface area contributed by atoms with Crippen molar-refractivity contribution in [2.24, 2.45) is 5.92 Å². The van der Waals surface area contributed by atoms with Crippen molar-refractivity contribution in [2.45, 2.75) is 25.5 Å². The van der Waals surface area contributed by atoms with Crippen LogP contribution in [-0.4, -0.2) is 6.61 Å². The molecule has 1 saturated heterocycles. The lowest BCUT2D eigenvalue weighted by Gasteiger charge is -2.36. The minimum atomic E-state index is 0.210. The Hall–Kier alpha value is -1.51. The number of halogens is 1. The van der Waals surface area contributed by atoms with E-state index in [4.69, 9.17) is 16.3 Å². The summed E-state index contributed by atoms with van der Waals surface area (Å²) in [5, 5.41) is 4.49. The Balaban J connectivity index is 1.77. The zero-order chi connectivity index (χ0) is 14.4. The molecule has 0 unspecified atom stereocenters. The minimum absolute atomic E-state index is 0.210. The number of hydrogen-bond acceptors (Lipinski definition) is 2. The van der Waals surface area contributed by atoms with Crippen LogP contribution in [0.25, 0.3) is 0 Å². The van der Waals surface area contributed by atoms with E-state index < -0.39 is 0 Å². The second-order valence-electron chi connectivity index (χ2n) is 6.01. The average Bonchev–Trinajstić information content (AvgIpc) is 2.97. The number of benzene rings is 2. The molecule has 21 heavy (non-hydrogen) atoms. The molecule has 0 radical (unpaired) electrons. The first kappa shape index (κ1) is 13.2. The van der Waals surface area contributed by atoms with Gasteiger partial charge in [-0.3, -0.25) is 0 Å². The second-order valence-corrected chi connectivity index (χ2v) is 6.44. The summed E-state index contributed by atoms with van der Waals surface area (Å²) in [6.07, 6.45) is 1.31. The smallest absolute Gasteiger partial charge is 0.0896 e. The van der Waals surface area contributed by atoms with Crippen LogP contribution in [0.2, 0.25) is 5.02 Å². The van der Waals surface area contributed by atoms with Crippen molar-refractivity contribution in [3.05, 3.63) is 64.2 Å². The van der Waals surface area contributed by atoms with Crippen LogP contribution >= 0.6 is 11.6 Å². The number of hydrogen-bond donors (Lipinski definition) is 1. The quantitative estimate of drug-likeness (QED) is 0.809. The summed E-state index contributed by atoms with van der Waals surface area (Å²) in [5.41, 5.74) is 5.08. The lowest BCUT2D eigenvalue weighted by molar-refractivity contribution is 0.0829. The molecular formula is C18H18ClNO. The standard InChI is InChI=1S/C18H18ClNO/c1-11-2-7-16-15(10-11)18-14(8-9-21-18)17(20-16)12-3-5-13(19)6-4-12/h2-7,10,14,17-18,20H,8-9H2,1H3/t14-,17+,18-/m1/s1. The molecule has 0 amide bonds. The third kappa shape index (κ3) is 2.23. The van der Waals surface area contributed by atoms with Gasteiger partial charge in [-0.2, -0.15) is 0 Å². The van der Waals surface area contributed by atoms with E-state index >= 15 is 0 Å². The van der Waals surface area contributed by atoms with Crippen LogP contribution in [-0.2, 0) is 4.74 Å². The monoisotopic (exact) mass is 299 g/mol. The highest BCUT2D eigenvalue weighted by Gasteiger charge is 2.41. The van der Waals surface area contributed by atoms with Crippen LogP contribution in [0.5, 0.6) is 0 Å². The fraction of sp³-hybridized carbons (Fsp3) is 0.333. The van der Waals surface area contributed by atoms with Crippen molar-refractivity contribution in [3.8, 4) is 0 Å². The van der Waals surface area contributed by atoms with Crippen LogP contribution in [0.3, 0.4) is 0 Å². The van der Waals surface area contributed by atoms with E-state index in [9.17, 15) is 0 Å². The number of fused-ring (bicyclic) bond motifs is 3. The maximum atomic E-state index is 6.05. The Kier molecular flexibility index (Phi) is 3.16. The van der Waals surface area contributed by atoms with Gasteiger partial charge in [0.15, 0.2) is 0 Å². The Morgan fingerprint density at radius 3 is 2.76 bits per heavy atom. The van der Waals surface area contributed by atoms with Gasteiger partial charge >= 0.3 is 0 Å². The lowest BCUT2D eigenvalue weighted by Crippen LogP contribution is -2.29. The van der Waals surface area contributed by atoms with E-state index in [0.29, 0.717) is 12.0 Å². The van der Waals surface area contributed by atoms with E-state index in [2.05, 4.69) is 42.6 Å². The molecule has 2 heterocycles. The van der Waals surface area contributed by atoms with Crippen molar-refractivity contribution in [2.75, 3.05) is 11.9 Å². The van der Waals surface area contributed by atoms with Gasteiger partial charge in [0.05, 0.1) is 12.1 Å². The van der Waals surface area contributed by atoms with Gasteiger partial charge in [-0.25, -0.2) is 0 Å². The molecule has 2 aromatic rings. The first-order chi connectivity index (χ1) is 10.2. The van der Waals surface area contributed by atoms with Crippen molar-refractivity contribution in [3.63, 3.8) is 0 Å². The second kappa shape index (κ2) is 5.04. The van der Waals surface area contributed by atoms with Crippen LogP contribution in [0.4, 0.5) is 5.69 Å². The molecule has 2 nitrogen and oxygen atoms in total. The van der Waals surface area contributed by atoms with Gasteiger partial charge < -0.3 is 10.1 Å². The molecule has 0 bridgehead atoms. The van der Waals surface area contributed by atoms with Crippen LogP contribution in [0.1, 0.15) is 35.3 Å². The average molecular weight is 300 g/mol. The molecule has 2 aliphatic heterocycles. The fourth-order valence-electron chi connectivity index (χ4n) is 3.59. The summed E-state index contributed by atoms with van der Waals surface area (Å²) in [6.45, 7) is 2.98. The van der Waals surface area contributed by atoms with E-state index in [1.54, 1.807) is 0 Å². The summed E-state index contributed by atoms with van der Waals surface area (Å²) in [4.78, 5) is 0. The third-order valence-corrected chi connectivity index (χ3v) is 4.87. The molecule has 0 aliphatic carbocycles. The topological polar surface area (TPSA) is 21.3 Å². The predicted molar refractivity (Wildman–Crippen MR) is 85.8 cm³/mol. The van der Waals surface area contributed by atoms with Crippen LogP contribution in [0.15, 0.2) is 42.5 Å². The van der Waals surface area contributed by atoms with Gasteiger partial charge in [-0.15, -0.1) is 0 Å². The molecule has 1 fully saturated rings. The van der Waals surface area contributed by atoms with Crippen LogP contribution in [0, 0.1) is 12.8 Å². The summed E-state index contributed by atoms with van der Waals surface area (Å²) in [5.74, 6) is 0.487. The van der Waals surface area contributed by atoms with Gasteiger partial charge in [0.25, 0.3) is 0 Å². The molecule has 0 aromatic heterocycles. The highest BCUT2D eigenvalue weighted by molar-refractivity contribution is 6.30. The van der Waals surface area contributed by atoms with Crippen molar-refractivity contribution in [1.82, 2.24) is 0 Å². The Labute approximate surface area is 130 Å². The molecule has 0 spiro atoms. The number of ether oxygens (including phenoxy) is 1. The summed E-state index contributed by atoms with van der Waals surface area (Å²) in [7, 11) is 0. The molecule has 108 valence electrons. The van der Waals surface area contributed by atoms with Gasteiger partial charge in [-0.05, 0) is 37.1 Å². The molecule has 1 N–H and O–H groups in total. The van der Waals surface area contributed by atoms with E-state index in [1.807, 2.05) is 12.1 Å². The number of nitrogens with one attached hydrogen (secondary N) is 1. The largest absolute Gasteiger partial charge is 0.378 e. The van der Waals surface area contributed by atoms with Crippen molar-refractivity contribution < 1.29 is 4.74 Å². The van der Waals surface area contributed by atoms with Crippen molar-refractivity contribution >= 4 is 17.3 Å². The SMILES string of the molecule is Cc1ccc2c(c1)[C@@H]1OCC[C@@H]1[C@H](c1ccc(Cl)cc1)N2. The fourth-order valence-corrected chi connectivity index (χ4v) is 3.72. The Morgan fingerprint density at radius 2 is 1.95 bits per heavy atom. The maximum absolute atomic E-state index is 6.05. The summed E-state index contributed by atoms with van der Waals surface area (Å²) >= 11 is 6.02. The predicted octanol–water partition coefficient (Wildman–Crippen LogP) is 4.89. The van der Waals surface area contributed by atoms with Gasteiger partial charge in [0.2, 0.25) is 0 Å². The first-order valence-electron chi connectivity index (χ1n) is 7.46. The highest BCUT2D eigenvalue weighted by atomic mass is 35.5. The molecule has 0 saturated carbocycles. The highest BCUT2D eigenvalue weighted by Crippen LogP contribution is 2.49. The molecule has 3 heteroatoms. The minimum Gasteiger partial charge on any atom is -0.378 e. The maximum Gasteiger partial charge on any atom is 0.0896 e. The van der Waals surface area contributed by atoms with E-state index in [1.165, 1.54) is 22.4 Å². The van der Waals surface area contributed by atoms with Gasteiger partial charge in [0, 0.05) is 28.8 Å². The lowest BCUT2D eigenvalue weighted by atomic mass is 9.80. The summed E-state index contributed by atoms with van der Waals surface area (Å²) < 4.78 is 6.05. The molecule has 4 rings (SSSR count). The molecule has 2 aliphatic rings. The first-order valence-corrected chi connectivity index (χ1v) is 7.84. The van der Waals surface area contributed by atoms with Crippen LogP contribution < -0.4 is 5.32 Å². The van der Waals surface area contributed by atoms with E-state index in [0.717, 1.165) is 18.1 Å². The molecular weight excluding hydrogens is 282 g/mol. The normalized spacial score (nSPS) is 26.9. The third-order valence-electron chi connectivity index (χ3n) is 4.62. The zero-order valence-corrected chi connectivity index (χ0v) is 12.7. The molecule has 2 aromatic carbocycles. The molecule has 3 atom stereocenters.